The van der Waals surface area contributed by atoms with E-state index in [4.69, 9.17) is 24.2 Å². The predicted molar refractivity (Wildman–Crippen MR) is 297 cm³/mol. The molecule has 2 bridgehead atoms. The van der Waals surface area contributed by atoms with Crippen LogP contribution in [0, 0.1) is 30.5 Å². The number of hydrogen-bond acceptors (Lipinski definition) is 15. The number of aryl methyl sites for hydroxylation is 1. The van der Waals surface area contributed by atoms with E-state index < -0.39 is 42.7 Å². The highest BCUT2D eigenvalue weighted by Gasteiger charge is 2.44. The third-order valence-electron chi connectivity index (χ3n) is 16.1. The maximum absolute atomic E-state index is 16.1. The van der Waals surface area contributed by atoms with Gasteiger partial charge in [-0.25, -0.2) is 9.07 Å². The lowest BCUT2D eigenvalue weighted by molar-refractivity contribution is -0.142. The third-order valence-corrected chi connectivity index (χ3v) is 16.1. The largest absolute Gasteiger partial charge is 0.486 e. The molecular formula is C59H64FN13O7. The maximum atomic E-state index is 16.1. The molecule has 0 spiro atoms. The van der Waals surface area contributed by atoms with Gasteiger partial charge in [0.15, 0.2) is 5.75 Å². The minimum Gasteiger partial charge on any atom is -0.486 e. The zero-order chi connectivity index (χ0) is 55.5. The second kappa shape index (κ2) is 21.6. The van der Waals surface area contributed by atoms with Gasteiger partial charge in [0, 0.05) is 85.1 Å². The summed E-state index contributed by atoms with van der Waals surface area (Å²) in [5.41, 5.74) is 7.56. The number of likely N-dealkylation sites (tertiary alicyclic amines) is 1. The molecular weight excluding hydrogens is 1020 g/mol. The molecule has 3 aliphatic heterocycles. The van der Waals surface area contributed by atoms with Crippen LogP contribution in [-0.2, 0) is 28.0 Å². The number of fused-ring (bicyclic) bond motifs is 5. The van der Waals surface area contributed by atoms with Crippen molar-refractivity contribution in [1.29, 1.82) is 0 Å². The van der Waals surface area contributed by atoms with Gasteiger partial charge in [-0.2, -0.15) is 20.2 Å². The Hall–Kier alpha value is -8.03. The second-order valence-corrected chi connectivity index (χ2v) is 22.0. The van der Waals surface area contributed by atoms with E-state index in [9.17, 15) is 19.8 Å². The minimum absolute atomic E-state index is 0.00940. The molecule has 414 valence electrons. The molecule has 4 aromatic carbocycles. The number of carbonyl (C=O) groups excluding carboxylic acids is 2. The number of aromatic nitrogens is 9. The molecule has 4 aliphatic rings. The van der Waals surface area contributed by atoms with Gasteiger partial charge < -0.3 is 44.9 Å². The predicted octanol–water partition coefficient (Wildman–Crippen LogP) is 5.87. The standard InChI is InChI=1S/C59H64FN13O7/c1-31(2)54(58(77)72-26-40(75)20-50(72)57(76)63-37(28-74)17-18-46-41-9-7-8-10-49(41)70(5)68-46)73-27-48(67-69-73)36-13-11-34(12-14-36)30-79-55-52(51-33(4)45(60)22-47-44(51)24-62-66-47)42(35-15-16-35)21-43-53(55)64-59(80-29-32(3)78-6)65-56(43)71-25-38-19-39(71)23-61-38/h7-14,21-22,24,27,31-32,35,37-40,50,54,61,74-75H,15-16,19-20,23,25-26,28-30H2,1-6H3,(H,62,66)(H,63,76)/t32-,37+,38-,39-,40+,50-,54-/m0/s1. The Labute approximate surface area is 461 Å². The van der Waals surface area contributed by atoms with Crippen molar-refractivity contribution < 1.29 is 38.4 Å². The van der Waals surface area contributed by atoms with Crippen LogP contribution in [0.15, 0.2) is 73.1 Å². The molecule has 12 rings (SSSR count). The number of benzene rings is 4. The molecule has 0 unspecified atom stereocenters. The number of carbonyl (C=O) groups is 2. The van der Waals surface area contributed by atoms with Crippen molar-refractivity contribution in [2.45, 2.75) is 108 Å². The first kappa shape index (κ1) is 52.7. The summed E-state index contributed by atoms with van der Waals surface area (Å²) in [6.07, 6.45) is 5.23. The number of hydrogen-bond donors (Lipinski definition) is 5. The number of methoxy groups -OCH3 is 1. The van der Waals surface area contributed by atoms with Crippen LogP contribution in [-0.4, -0.2) is 148 Å². The van der Waals surface area contributed by atoms with Crippen LogP contribution in [0.4, 0.5) is 10.2 Å². The molecule has 80 heavy (non-hydrogen) atoms. The van der Waals surface area contributed by atoms with Gasteiger partial charge in [-0.05, 0) is 91.8 Å². The minimum atomic E-state index is -1.02. The van der Waals surface area contributed by atoms with Gasteiger partial charge in [0.2, 0.25) is 11.8 Å². The van der Waals surface area contributed by atoms with Crippen LogP contribution in [0.5, 0.6) is 11.8 Å². The number of H-pyrrole nitrogens is 1. The zero-order valence-corrected chi connectivity index (χ0v) is 45.5. The summed E-state index contributed by atoms with van der Waals surface area (Å²) in [6.45, 7) is 8.92. The van der Waals surface area contributed by atoms with Crippen LogP contribution in [0.1, 0.15) is 80.8 Å². The van der Waals surface area contributed by atoms with E-state index in [1.807, 2.05) is 76.3 Å². The van der Waals surface area contributed by atoms with Crippen LogP contribution in [0.25, 0.3) is 55.1 Å². The van der Waals surface area contributed by atoms with E-state index in [1.165, 1.54) is 15.6 Å². The fraction of sp³-hybridized carbons (Fsp3) is 0.424. The monoisotopic (exact) mass is 1090 g/mol. The number of nitrogens with one attached hydrogen (secondary N) is 3. The molecule has 7 atom stereocenters. The van der Waals surface area contributed by atoms with Crippen LogP contribution in [0.2, 0.25) is 0 Å². The maximum Gasteiger partial charge on any atom is 0.319 e. The van der Waals surface area contributed by atoms with Crippen LogP contribution in [0.3, 0.4) is 0 Å². The first-order chi connectivity index (χ1) is 38.7. The van der Waals surface area contributed by atoms with Gasteiger partial charge in [-0.15, -0.1) is 5.10 Å². The van der Waals surface area contributed by atoms with E-state index in [2.05, 4.69) is 59.0 Å². The number of aromatic amines is 1. The summed E-state index contributed by atoms with van der Waals surface area (Å²) in [4.78, 5) is 42.4. The third kappa shape index (κ3) is 9.94. The van der Waals surface area contributed by atoms with Gasteiger partial charge in [0.05, 0.1) is 42.2 Å². The number of β-amino-alcohol motifs (C(OH)–C–C–N with tert-alkyl or cyclic N) is 1. The van der Waals surface area contributed by atoms with E-state index in [0.717, 1.165) is 82.1 Å². The Balaban J connectivity index is 0.826. The first-order valence-corrected chi connectivity index (χ1v) is 27.4. The molecule has 2 amide bonds. The molecule has 0 radical (unpaired) electrons. The Morgan fingerprint density at radius 3 is 2.54 bits per heavy atom. The van der Waals surface area contributed by atoms with E-state index in [-0.39, 0.29) is 62.0 Å². The Bertz CT molecular complexity index is 3730. The molecule has 1 saturated carbocycles. The molecule has 3 saturated heterocycles. The Morgan fingerprint density at radius 1 is 0.988 bits per heavy atom. The highest BCUT2D eigenvalue weighted by atomic mass is 19.1. The Morgan fingerprint density at radius 2 is 1.80 bits per heavy atom. The fourth-order valence-electron chi connectivity index (χ4n) is 11.7. The fourth-order valence-corrected chi connectivity index (χ4v) is 11.7. The second-order valence-electron chi connectivity index (χ2n) is 22.0. The number of aliphatic hydroxyl groups is 2. The normalized spacial score (nSPS) is 20.0. The molecule has 4 aromatic heterocycles. The first-order valence-electron chi connectivity index (χ1n) is 27.4. The number of amides is 2. The highest BCUT2D eigenvalue weighted by Crippen LogP contribution is 2.53. The number of nitrogens with zero attached hydrogens (tertiary/aromatic N) is 10. The summed E-state index contributed by atoms with van der Waals surface area (Å²) < 4.78 is 38.3. The zero-order valence-electron chi connectivity index (χ0n) is 45.5. The smallest absolute Gasteiger partial charge is 0.319 e. The van der Waals surface area contributed by atoms with Crippen LogP contribution >= 0.6 is 0 Å². The number of piperazine rings is 1. The van der Waals surface area contributed by atoms with Crippen molar-refractivity contribution in [3.05, 3.63) is 101 Å². The van der Waals surface area contributed by atoms with Crippen molar-refractivity contribution in [2.24, 2.45) is 13.0 Å². The van der Waals surface area contributed by atoms with Crippen molar-refractivity contribution in [3.8, 4) is 46.0 Å². The average Bonchev–Trinajstić information content (AvgIpc) is 4.26. The molecule has 4 fully saturated rings. The molecule has 1 aliphatic carbocycles. The summed E-state index contributed by atoms with van der Waals surface area (Å²) in [6, 6.07) is 17.0. The summed E-state index contributed by atoms with van der Waals surface area (Å²) in [5, 5.41) is 50.7. The van der Waals surface area contributed by atoms with Gasteiger partial charge >= 0.3 is 6.01 Å². The lowest BCUT2D eigenvalue weighted by Gasteiger charge is -2.30. The van der Waals surface area contributed by atoms with E-state index in [0.29, 0.717) is 45.3 Å². The molecule has 7 heterocycles. The SMILES string of the molecule is CO[C@@H](C)COc1nc(N2C[C@@H]3C[C@H]2CN3)c2cc(C3CC3)c(-c3c(C)c(F)cc4[nH]ncc34)c(OCc3ccc(-c4cn([C@H](C(=O)N5C[C@H](O)C[C@H]5C(=O)N[C@H](C#Cc5nn(C)c6ccccc56)CO)C(C)C)nn4)cc3)c2n1. The average molecular weight is 1090 g/mol. The molecule has 8 aromatic rings. The molecule has 21 heteroatoms. The quantitative estimate of drug-likeness (QED) is 0.0671. The van der Waals surface area contributed by atoms with Crippen molar-refractivity contribution in [3.63, 3.8) is 0 Å². The number of aliphatic hydroxyl groups excluding tert-OH is 2. The number of halogens is 1. The van der Waals surface area contributed by atoms with Crippen molar-refractivity contribution in [1.82, 2.24) is 60.5 Å². The number of ether oxygens (including phenoxy) is 3. The van der Waals surface area contributed by atoms with Gasteiger partial charge in [-0.3, -0.25) is 19.4 Å². The van der Waals surface area contributed by atoms with E-state index >= 15 is 4.39 Å². The van der Waals surface area contributed by atoms with Crippen molar-refractivity contribution in [2.75, 3.05) is 44.9 Å². The Kier molecular flexibility index (Phi) is 14.2. The topological polar surface area (TPSA) is 236 Å². The van der Waals surface area contributed by atoms with Gasteiger partial charge in [0.25, 0.3) is 0 Å². The highest BCUT2D eigenvalue weighted by molar-refractivity contribution is 6.06. The molecule has 20 nitrogen and oxygen atoms in total. The summed E-state index contributed by atoms with van der Waals surface area (Å²) >= 11 is 0. The van der Waals surface area contributed by atoms with E-state index in [1.54, 1.807) is 31.1 Å². The number of anilines is 1. The lowest BCUT2D eigenvalue weighted by atomic mass is 9.88. The van der Waals surface area contributed by atoms with Crippen LogP contribution < -0.4 is 25.0 Å². The summed E-state index contributed by atoms with van der Waals surface area (Å²) in [5.74, 6) is 5.80. The van der Waals surface area contributed by atoms with Crippen molar-refractivity contribution >= 4 is 50.3 Å². The van der Waals surface area contributed by atoms with Gasteiger partial charge in [-0.1, -0.05) is 61.4 Å². The number of para-hydroxylation sites is 1. The van der Waals surface area contributed by atoms with Gasteiger partial charge in [0.1, 0.15) is 59.9 Å². The molecule has 5 N–H and O–H groups in total. The summed E-state index contributed by atoms with van der Waals surface area (Å²) in [7, 11) is 3.45. The number of rotatable bonds is 17. The lowest BCUT2D eigenvalue weighted by Crippen LogP contribution is -2.51.